The van der Waals surface area contributed by atoms with E-state index in [0.29, 0.717) is 34.5 Å². The zero-order valence-corrected chi connectivity index (χ0v) is 18.1. The maximum absolute atomic E-state index is 13.4. The van der Waals surface area contributed by atoms with Gasteiger partial charge in [-0.3, -0.25) is 9.36 Å². The number of aromatic nitrogens is 4. The third-order valence-corrected chi connectivity index (χ3v) is 5.44. The summed E-state index contributed by atoms with van der Waals surface area (Å²) in [6, 6.07) is 14.7. The van der Waals surface area contributed by atoms with Crippen LogP contribution in [-0.4, -0.2) is 25.6 Å². The number of anilines is 1. The van der Waals surface area contributed by atoms with Gasteiger partial charge in [0.1, 0.15) is 12.0 Å². The fourth-order valence-corrected chi connectivity index (χ4v) is 3.82. The lowest BCUT2D eigenvalue weighted by Gasteiger charge is -2.31. The molecule has 7 nitrogen and oxygen atoms in total. The summed E-state index contributed by atoms with van der Waals surface area (Å²) in [5.41, 5.74) is 3.32. The first-order valence-electron chi connectivity index (χ1n) is 9.90. The molecule has 1 aliphatic heterocycles. The molecule has 3 heterocycles. The van der Waals surface area contributed by atoms with Crippen molar-refractivity contribution in [3.8, 4) is 17.2 Å². The second-order valence-electron chi connectivity index (χ2n) is 8.47. The van der Waals surface area contributed by atoms with E-state index in [-0.39, 0.29) is 11.3 Å². The van der Waals surface area contributed by atoms with Crippen molar-refractivity contribution in [2.45, 2.75) is 32.7 Å². The van der Waals surface area contributed by atoms with E-state index in [1.807, 2.05) is 49.6 Å². The van der Waals surface area contributed by atoms with Crippen molar-refractivity contribution in [3.05, 3.63) is 77.0 Å². The molecule has 1 amide bonds. The van der Waals surface area contributed by atoms with Crippen LogP contribution in [0.4, 0.5) is 5.69 Å². The van der Waals surface area contributed by atoms with E-state index in [9.17, 15) is 4.79 Å². The first-order valence-corrected chi connectivity index (χ1v) is 10.3. The number of amides is 1. The number of halogens is 1. The number of imidazole rings is 1. The number of rotatable bonds is 2. The highest BCUT2D eigenvalue weighted by molar-refractivity contribution is 6.31. The maximum Gasteiger partial charge on any atom is 0.258 e. The van der Waals surface area contributed by atoms with Crippen LogP contribution in [0.5, 0.6) is 0 Å². The molecule has 156 valence electrons. The van der Waals surface area contributed by atoms with Gasteiger partial charge in [-0.1, -0.05) is 55.7 Å². The molecule has 0 bridgehead atoms. The zero-order chi connectivity index (χ0) is 21.8. The Bertz CT molecular complexity index is 1300. The molecular weight excluding hydrogens is 414 g/mol. The molecule has 0 aliphatic carbocycles. The van der Waals surface area contributed by atoms with Gasteiger partial charge in [0.25, 0.3) is 5.91 Å². The SMILES string of the molecule is CC(C)(C)c1nc(-c2ncn3c2CN(C(=O)c2cccc(Cl)c2)c2ccccc2-3)no1. The van der Waals surface area contributed by atoms with Crippen LogP contribution in [-0.2, 0) is 12.0 Å². The lowest BCUT2D eigenvalue weighted by molar-refractivity contribution is 0.0984. The third kappa shape index (κ3) is 3.31. The lowest BCUT2D eigenvalue weighted by atomic mass is 9.97. The van der Waals surface area contributed by atoms with Crippen LogP contribution in [0.25, 0.3) is 17.2 Å². The van der Waals surface area contributed by atoms with Crippen LogP contribution in [0.2, 0.25) is 5.02 Å². The number of carbonyl (C=O) groups excluding carboxylic acids is 1. The summed E-state index contributed by atoms with van der Waals surface area (Å²) in [6.07, 6.45) is 1.73. The molecular formula is C23H20ClN5O2. The summed E-state index contributed by atoms with van der Waals surface area (Å²) >= 11 is 6.12. The Morgan fingerprint density at radius 1 is 1.10 bits per heavy atom. The molecule has 1 aliphatic rings. The minimum atomic E-state index is -0.272. The van der Waals surface area contributed by atoms with Crippen molar-refractivity contribution in [2.75, 3.05) is 4.90 Å². The largest absolute Gasteiger partial charge is 0.338 e. The molecule has 0 spiro atoms. The summed E-state index contributed by atoms with van der Waals surface area (Å²) < 4.78 is 7.44. The van der Waals surface area contributed by atoms with E-state index < -0.39 is 0 Å². The van der Waals surface area contributed by atoms with E-state index in [1.165, 1.54) is 0 Å². The predicted molar refractivity (Wildman–Crippen MR) is 118 cm³/mol. The van der Waals surface area contributed by atoms with Gasteiger partial charge in [-0.15, -0.1) is 0 Å². The van der Waals surface area contributed by atoms with Gasteiger partial charge in [-0.2, -0.15) is 4.98 Å². The van der Waals surface area contributed by atoms with E-state index in [4.69, 9.17) is 16.1 Å². The van der Waals surface area contributed by atoms with Crippen LogP contribution in [0, 0.1) is 0 Å². The van der Waals surface area contributed by atoms with Crippen molar-refractivity contribution < 1.29 is 9.32 Å². The molecule has 8 heteroatoms. The number of nitrogens with zero attached hydrogens (tertiary/aromatic N) is 5. The van der Waals surface area contributed by atoms with Crippen LogP contribution in [0.3, 0.4) is 0 Å². The monoisotopic (exact) mass is 433 g/mol. The summed E-state index contributed by atoms with van der Waals surface area (Å²) in [4.78, 5) is 24.3. The highest BCUT2D eigenvalue weighted by Crippen LogP contribution is 2.36. The normalized spacial score (nSPS) is 13.1. The average Bonchev–Trinajstić information content (AvgIpc) is 3.39. The highest BCUT2D eigenvalue weighted by atomic mass is 35.5. The molecule has 4 aromatic rings. The number of hydrogen-bond acceptors (Lipinski definition) is 5. The van der Waals surface area contributed by atoms with Crippen molar-refractivity contribution in [1.29, 1.82) is 0 Å². The third-order valence-electron chi connectivity index (χ3n) is 5.20. The standard InChI is InChI=1S/C23H20ClN5O2/c1-23(2,3)22-26-20(27-31-22)19-18-12-28(21(30)14-7-6-8-15(24)11-14)16-9-4-5-10-17(16)29(18)13-25-19/h4-11,13H,12H2,1-3H3. The molecule has 2 aromatic heterocycles. The number of para-hydroxylation sites is 2. The molecule has 0 saturated carbocycles. The summed E-state index contributed by atoms with van der Waals surface area (Å²) in [6.45, 7) is 6.34. The molecule has 0 atom stereocenters. The summed E-state index contributed by atoms with van der Waals surface area (Å²) in [7, 11) is 0. The zero-order valence-electron chi connectivity index (χ0n) is 17.3. The van der Waals surface area contributed by atoms with E-state index in [0.717, 1.165) is 17.1 Å². The van der Waals surface area contributed by atoms with Crippen LogP contribution in [0.15, 0.2) is 59.4 Å². The number of fused-ring (bicyclic) bond motifs is 3. The Kier molecular flexibility index (Phi) is 4.44. The van der Waals surface area contributed by atoms with Crippen LogP contribution < -0.4 is 4.90 Å². The minimum Gasteiger partial charge on any atom is -0.338 e. The second-order valence-corrected chi connectivity index (χ2v) is 8.91. The van der Waals surface area contributed by atoms with Gasteiger partial charge < -0.3 is 9.42 Å². The summed E-state index contributed by atoms with van der Waals surface area (Å²) in [5, 5.41) is 4.66. The Balaban J connectivity index is 1.61. The first kappa shape index (κ1) is 19.5. The quantitative estimate of drug-likeness (QED) is 0.443. The highest BCUT2D eigenvalue weighted by Gasteiger charge is 2.32. The van der Waals surface area contributed by atoms with Gasteiger partial charge in [-0.05, 0) is 30.3 Å². The average molecular weight is 434 g/mol. The van der Waals surface area contributed by atoms with E-state index >= 15 is 0 Å². The molecule has 5 rings (SSSR count). The van der Waals surface area contributed by atoms with Gasteiger partial charge in [0.05, 0.1) is 23.6 Å². The van der Waals surface area contributed by atoms with Gasteiger partial charge in [0, 0.05) is 16.0 Å². The fourth-order valence-electron chi connectivity index (χ4n) is 3.63. The lowest BCUT2D eigenvalue weighted by Crippen LogP contribution is -2.35. The fraction of sp³-hybridized carbons (Fsp3) is 0.217. The molecule has 0 saturated heterocycles. The maximum atomic E-state index is 13.4. The smallest absolute Gasteiger partial charge is 0.258 e. The molecule has 0 unspecified atom stereocenters. The molecule has 0 radical (unpaired) electrons. The second kappa shape index (κ2) is 7.06. The topological polar surface area (TPSA) is 77.1 Å². The van der Waals surface area contributed by atoms with Crippen LogP contribution in [0.1, 0.15) is 42.7 Å². The molecule has 0 N–H and O–H groups in total. The minimum absolute atomic E-state index is 0.142. The summed E-state index contributed by atoms with van der Waals surface area (Å²) in [5.74, 6) is 0.803. The Morgan fingerprint density at radius 2 is 1.87 bits per heavy atom. The van der Waals surface area contributed by atoms with E-state index in [1.54, 1.807) is 35.5 Å². The number of carbonyl (C=O) groups is 1. The van der Waals surface area contributed by atoms with Crippen molar-refractivity contribution in [1.82, 2.24) is 19.7 Å². The van der Waals surface area contributed by atoms with Crippen molar-refractivity contribution in [3.63, 3.8) is 0 Å². The van der Waals surface area contributed by atoms with Crippen molar-refractivity contribution in [2.24, 2.45) is 0 Å². The van der Waals surface area contributed by atoms with Gasteiger partial charge >= 0.3 is 0 Å². The Hall–Kier alpha value is -3.45. The van der Waals surface area contributed by atoms with Crippen LogP contribution >= 0.6 is 11.6 Å². The van der Waals surface area contributed by atoms with Gasteiger partial charge in [-0.25, -0.2) is 4.98 Å². The Morgan fingerprint density at radius 3 is 2.58 bits per heavy atom. The first-order chi connectivity index (χ1) is 14.8. The molecule has 31 heavy (non-hydrogen) atoms. The Labute approximate surface area is 184 Å². The van der Waals surface area contributed by atoms with Crippen molar-refractivity contribution >= 4 is 23.2 Å². The van der Waals surface area contributed by atoms with Gasteiger partial charge in [0.15, 0.2) is 0 Å². The number of benzene rings is 2. The number of hydrogen-bond donors (Lipinski definition) is 0. The molecule has 0 fully saturated rings. The van der Waals surface area contributed by atoms with Gasteiger partial charge in [0.2, 0.25) is 11.7 Å². The molecule has 2 aromatic carbocycles. The van der Waals surface area contributed by atoms with E-state index in [2.05, 4.69) is 15.1 Å². The predicted octanol–water partition coefficient (Wildman–Crippen LogP) is 5.03.